The number of rotatable bonds is 5. The van der Waals surface area contributed by atoms with E-state index in [4.69, 9.17) is 0 Å². The molecule has 0 aromatic rings. The normalized spacial score (nSPS) is 18.6. The summed E-state index contributed by atoms with van der Waals surface area (Å²) in [5.74, 6) is -0.0828. The summed E-state index contributed by atoms with van der Waals surface area (Å²) in [5.41, 5.74) is 1.02. The van der Waals surface area contributed by atoms with Gasteiger partial charge in [0, 0.05) is 31.8 Å². The third kappa shape index (κ3) is 4.46. The SMILES string of the molecule is CC(C(=O)NCC(C)(O)CN(C)C)=C1CNC1. The molecule has 0 spiro atoms. The minimum Gasteiger partial charge on any atom is -0.387 e. The first-order valence-corrected chi connectivity index (χ1v) is 5.86. The first-order chi connectivity index (χ1) is 7.82. The van der Waals surface area contributed by atoms with E-state index in [1.807, 2.05) is 25.9 Å². The van der Waals surface area contributed by atoms with Crippen LogP contribution in [0.15, 0.2) is 11.1 Å². The van der Waals surface area contributed by atoms with Crippen LogP contribution in [0.5, 0.6) is 0 Å². The van der Waals surface area contributed by atoms with E-state index in [1.54, 1.807) is 6.92 Å². The first kappa shape index (κ1) is 14.2. The molecule has 1 heterocycles. The van der Waals surface area contributed by atoms with Crippen LogP contribution in [-0.2, 0) is 4.79 Å². The number of hydrogen-bond donors (Lipinski definition) is 3. The van der Waals surface area contributed by atoms with Crippen LogP contribution in [0.25, 0.3) is 0 Å². The van der Waals surface area contributed by atoms with Crippen molar-refractivity contribution in [3.8, 4) is 0 Å². The van der Waals surface area contributed by atoms with Crippen LogP contribution in [0.2, 0.25) is 0 Å². The fourth-order valence-electron chi connectivity index (χ4n) is 1.82. The highest BCUT2D eigenvalue weighted by molar-refractivity contribution is 5.94. The fraction of sp³-hybridized carbons (Fsp3) is 0.750. The lowest BCUT2D eigenvalue weighted by Crippen LogP contribution is -2.47. The van der Waals surface area contributed by atoms with Gasteiger partial charge in [-0.1, -0.05) is 0 Å². The lowest BCUT2D eigenvalue weighted by molar-refractivity contribution is -0.118. The molecule has 1 saturated heterocycles. The van der Waals surface area contributed by atoms with E-state index in [2.05, 4.69) is 10.6 Å². The summed E-state index contributed by atoms with van der Waals surface area (Å²) < 4.78 is 0. The van der Waals surface area contributed by atoms with Crippen molar-refractivity contribution in [3.63, 3.8) is 0 Å². The summed E-state index contributed by atoms with van der Waals surface area (Å²) >= 11 is 0. The Morgan fingerprint density at radius 1 is 1.53 bits per heavy atom. The summed E-state index contributed by atoms with van der Waals surface area (Å²) in [6, 6.07) is 0. The number of hydrogen-bond acceptors (Lipinski definition) is 4. The van der Waals surface area contributed by atoms with Crippen molar-refractivity contribution in [2.75, 3.05) is 40.3 Å². The Balaban J connectivity index is 2.42. The topological polar surface area (TPSA) is 64.6 Å². The average molecular weight is 241 g/mol. The highest BCUT2D eigenvalue weighted by Crippen LogP contribution is 2.09. The summed E-state index contributed by atoms with van der Waals surface area (Å²) in [7, 11) is 3.78. The zero-order valence-corrected chi connectivity index (χ0v) is 11.1. The van der Waals surface area contributed by atoms with Crippen LogP contribution in [0.1, 0.15) is 13.8 Å². The molecule has 0 radical (unpaired) electrons. The van der Waals surface area contributed by atoms with Crippen LogP contribution >= 0.6 is 0 Å². The van der Waals surface area contributed by atoms with Gasteiger partial charge in [0.1, 0.15) is 0 Å². The molecule has 1 rings (SSSR count). The van der Waals surface area contributed by atoms with E-state index < -0.39 is 5.60 Å². The van der Waals surface area contributed by atoms with E-state index >= 15 is 0 Å². The van der Waals surface area contributed by atoms with Crippen molar-refractivity contribution in [2.45, 2.75) is 19.4 Å². The van der Waals surface area contributed by atoms with Crippen LogP contribution in [0, 0.1) is 0 Å². The molecule has 1 unspecified atom stereocenters. The molecule has 1 amide bonds. The predicted molar refractivity (Wildman–Crippen MR) is 67.8 cm³/mol. The summed E-state index contributed by atoms with van der Waals surface area (Å²) in [6.07, 6.45) is 0. The van der Waals surface area contributed by atoms with Gasteiger partial charge in [-0.25, -0.2) is 0 Å². The van der Waals surface area contributed by atoms with Gasteiger partial charge < -0.3 is 20.6 Å². The first-order valence-electron chi connectivity index (χ1n) is 5.86. The van der Waals surface area contributed by atoms with Crippen molar-refractivity contribution in [2.24, 2.45) is 0 Å². The maximum Gasteiger partial charge on any atom is 0.247 e. The number of nitrogens with zero attached hydrogens (tertiary/aromatic N) is 1. The Kier molecular flexibility index (Phi) is 4.68. The Hall–Kier alpha value is -0.910. The van der Waals surface area contributed by atoms with Gasteiger partial charge in [0.05, 0.1) is 5.60 Å². The molecule has 0 aromatic carbocycles. The van der Waals surface area contributed by atoms with E-state index in [1.165, 1.54) is 0 Å². The molecule has 17 heavy (non-hydrogen) atoms. The Labute approximate surface area is 103 Å². The van der Waals surface area contributed by atoms with Crippen LogP contribution in [0.3, 0.4) is 0 Å². The molecular weight excluding hydrogens is 218 g/mol. The second-order valence-corrected chi connectivity index (χ2v) is 5.25. The fourth-order valence-corrected chi connectivity index (χ4v) is 1.82. The molecule has 0 bridgehead atoms. The number of carbonyl (C=O) groups is 1. The zero-order valence-electron chi connectivity index (χ0n) is 11.1. The van der Waals surface area contributed by atoms with Gasteiger partial charge in [-0.3, -0.25) is 4.79 Å². The van der Waals surface area contributed by atoms with Gasteiger partial charge in [-0.05, 0) is 33.5 Å². The number of aliphatic hydroxyl groups is 1. The number of amides is 1. The van der Waals surface area contributed by atoms with Crippen LogP contribution in [-0.4, -0.2) is 61.8 Å². The monoisotopic (exact) mass is 241 g/mol. The van der Waals surface area contributed by atoms with Crippen LogP contribution in [0.4, 0.5) is 0 Å². The number of nitrogens with one attached hydrogen (secondary N) is 2. The van der Waals surface area contributed by atoms with E-state index in [-0.39, 0.29) is 12.5 Å². The minimum absolute atomic E-state index is 0.0828. The van der Waals surface area contributed by atoms with Gasteiger partial charge in [0.15, 0.2) is 0 Å². The Morgan fingerprint density at radius 3 is 2.53 bits per heavy atom. The molecule has 3 N–H and O–H groups in total. The molecule has 1 fully saturated rings. The molecule has 1 aliphatic rings. The van der Waals surface area contributed by atoms with Crippen molar-refractivity contribution in [1.82, 2.24) is 15.5 Å². The van der Waals surface area contributed by atoms with Gasteiger partial charge in [-0.2, -0.15) is 0 Å². The lowest BCUT2D eigenvalue weighted by Gasteiger charge is -2.28. The standard InChI is InChI=1S/C12H23N3O2/c1-9(10-5-13-6-10)11(16)14-7-12(2,17)8-15(3)4/h13,17H,5-8H2,1-4H3,(H,14,16). The van der Waals surface area contributed by atoms with E-state index in [0.717, 1.165) is 24.2 Å². The molecule has 5 heteroatoms. The predicted octanol–water partition coefficient (Wildman–Crippen LogP) is -0.665. The highest BCUT2D eigenvalue weighted by atomic mass is 16.3. The maximum atomic E-state index is 11.8. The smallest absolute Gasteiger partial charge is 0.247 e. The largest absolute Gasteiger partial charge is 0.387 e. The van der Waals surface area contributed by atoms with Crippen molar-refractivity contribution < 1.29 is 9.90 Å². The van der Waals surface area contributed by atoms with E-state index in [9.17, 15) is 9.90 Å². The second kappa shape index (κ2) is 5.62. The summed E-state index contributed by atoms with van der Waals surface area (Å²) in [4.78, 5) is 13.7. The van der Waals surface area contributed by atoms with Crippen molar-refractivity contribution >= 4 is 5.91 Å². The molecule has 0 saturated carbocycles. The van der Waals surface area contributed by atoms with Gasteiger partial charge in [0.25, 0.3) is 0 Å². The third-order valence-corrected chi connectivity index (χ3v) is 2.83. The minimum atomic E-state index is -0.901. The summed E-state index contributed by atoms with van der Waals surface area (Å²) in [6.45, 7) is 5.93. The van der Waals surface area contributed by atoms with Crippen LogP contribution < -0.4 is 10.6 Å². The molecule has 0 aliphatic carbocycles. The average Bonchev–Trinajstić information content (AvgIpc) is 2.09. The van der Waals surface area contributed by atoms with E-state index in [0.29, 0.717) is 6.54 Å². The second-order valence-electron chi connectivity index (χ2n) is 5.25. The molecule has 1 atom stereocenters. The van der Waals surface area contributed by atoms with Gasteiger partial charge in [0.2, 0.25) is 5.91 Å². The van der Waals surface area contributed by atoms with Gasteiger partial charge >= 0.3 is 0 Å². The van der Waals surface area contributed by atoms with Gasteiger partial charge in [-0.15, -0.1) is 0 Å². The molecule has 98 valence electrons. The number of likely N-dealkylation sites (N-methyl/N-ethyl adjacent to an activating group) is 1. The molecule has 5 nitrogen and oxygen atoms in total. The van der Waals surface area contributed by atoms with Crippen molar-refractivity contribution in [3.05, 3.63) is 11.1 Å². The third-order valence-electron chi connectivity index (χ3n) is 2.83. The lowest BCUT2D eigenvalue weighted by atomic mass is 10.0. The summed E-state index contributed by atoms with van der Waals surface area (Å²) in [5, 5.41) is 15.9. The zero-order chi connectivity index (χ0) is 13.1. The highest BCUT2D eigenvalue weighted by Gasteiger charge is 2.23. The Bertz CT molecular complexity index is 316. The maximum absolute atomic E-state index is 11.8. The molecular formula is C12H23N3O2. The molecule has 1 aliphatic heterocycles. The van der Waals surface area contributed by atoms with Crippen molar-refractivity contribution in [1.29, 1.82) is 0 Å². The number of carbonyl (C=O) groups excluding carboxylic acids is 1. The Morgan fingerprint density at radius 2 is 2.12 bits per heavy atom. The molecule has 0 aromatic heterocycles. The quantitative estimate of drug-likeness (QED) is 0.559.